The minimum atomic E-state index is -3.71. The van der Waals surface area contributed by atoms with Crippen molar-refractivity contribution in [1.29, 1.82) is 0 Å². The fraction of sp³-hybridized carbons (Fsp3) is 0.368. The first-order valence-corrected chi connectivity index (χ1v) is 9.34. The lowest BCUT2D eigenvalue weighted by Crippen LogP contribution is -2.44. The average Bonchev–Trinajstić information content (AvgIpc) is 2.95. The molecule has 1 saturated heterocycles. The molecule has 1 aromatic heterocycles. The van der Waals surface area contributed by atoms with E-state index >= 15 is 0 Å². The molecule has 3 heterocycles. The van der Waals surface area contributed by atoms with Crippen LogP contribution in [0.15, 0.2) is 30.5 Å². The molecule has 2 aromatic rings. The van der Waals surface area contributed by atoms with Gasteiger partial charge >= 0.3 is 12.3 Å². The molecule has 0 spiro atoms. The minimum Gasteiger partial charge on any atom is -0.395 e. The maximum absolute atomic E-state index is 13.2. The Morgan fingerprint density at radius 3 is 2.71 bits per heavy atom. The summed E-state index contributed by atoms with van der Waals surface area (Å²) in [6.45, 7) is 2.75. The lowest BCUT2D eigenvalue weighted by Gasteiger charge is -2.33. The Morgan fingerprint density at radius 2 is 2.04 bits per heavy atom. The number of benzene rings is 1. The van der Waals surface area contributed by atoms with Gasteiger partial charge in [-0.3, -0.25) is 5.32 Å². The number of anilines is 1. The van der Waals surface area contributed by atoms with E-state index in [9.17, 15) is 13.6 Å². The third kappa shape index (κ3) is 3.69. The number of ether oxygens (including phenoxy) is 2. The third-order valence-corrected chi connectivity index (χ3v) is 5.18. The highest BCUT2D eigenvalue weighted by molar-refractivity contribution is 6.33. The molecule has 6 nitrogen and oxygen atoms in total. The molecular formula is C19H18ClF2N3O3. The van der Waals surface area contributed by atoms with Crippen LogP contribution in [0.3, 0.4) is 0 Å². The number of piperidine rings is 1. The van der Waals surface area contributed by atoms with Gasteiger partial charge in [-0.05, 0) is 44.4 Å². The number of hydrogen-bond donors (Lipinski definition) is 1. The Kier molecular flexibility index (Phi) is 4.74. The summed E-state index contributed by atoms with van der Waals surface area (Å²) in [7, 11) is 0. The van der Waals surface area contributed by atoms with Gasteiger partial charge in [-0.1, -0.05) is 11.6 Å². The number of pyridine rings is 1. The van der Waals surface area contributed by atoms with Crippen LogP contribution < -0.4 is 14.8 Å². The van der Waals surface area contributed by atoms with E-state index < -0.39 is 6.29 Å². The molecule has 9 heteroatoms. The lowest BCUT2D eigenvalue weighted by molar-refractivity contribution is -0.286. The summed E-state index contributed by atoms with van der Waals surface area (Å²) in [6.07, 6.45) is 0.909. The first-order chi connectivity index (χ1) is 13.3. The number of likely N-dealkylation sites (tertiary alicyclic amines) is 1. The van der Waals surface area contributed by atoms with Crippen molar-refractivity contribution >= 4 is 23.4 Å². The van der Waals surface area contributed by atoms with Crippen molar-refractivity contribution in [3.63, 3.8) is 0 Å². The van der Waals surface area contributed by atoms with E-state index in [0.717, 1.165) is 25.8 Å². The molecule has 0 saturated carbocycles. The fourth-order valence-electron chi connectivity index (χ4n) is 3.40. The number of halogens is 3. The maximum Gasteiger partial charge on any atom is 0.586 e. The van der Waals surface area contributed by atoms with Gasteiger partial charge in [-0.25, -0.2) is 9.78 Å². The van der Waals surface area contributed by atoms with Crippen molar-refractivity contribution in [3.8, 4) is 22.6 Å². The number of amides is 2. The van der Waals surface area contributed by atoms with Gasteiger partial charge in [0.1, 0.15) is 5.82 Å². The van der Waals surface area contributed by atoms with E-state index in [1.807, 2.05) is 6.92 Å². The monoisotopic (exact) mass is 409 g/mol. The van der Waals surface area contributed by atoms with Crippen molar-refractivity contribution in [2.24, 2.45) is 0 Å². The summed E-state index contributed by atoms with van der Waals surface area (Å²) in [5.74, 6) is 0.182. The van der Waals surface area contributed by atoms with E-state index in [1.165, 1.54) is 18.3 Å². The Bertz CT molecular complexity index is 908. The Balaban J connectivity index is 1.50. The predicted octanol–water partition coefficient (Wildman–Crippen LogP) is 5.13. The van der Waals surface area contributed by atoms with E-state index in [2.05, 4.69) is 19.8 Å². The van der Waals surface area contributed by atoms with Gasteiger partial charge < -0.3 is 14.4 Å². The molecule has 0 bridgehead atoms. The standard InChI is InChI=1S/C19H18ClF2N3O3/c1-11-4-2-3-7-25(11)18(26)24-17-6-5-12(10-23-17)13-8-15-16(9-14(13)20)28-19(21,22)27-15/h5-6,8-11H,2-4,7H2,1H3,(H,23,24,26). The zero-order valence-electron chi connectivity index (χ0n) is 15.0. The Labute approximate surface area is 165 Å². The van der Waals surface area contributed by atoms with Crippen LogP contribution in [0.2, 0.25) is 5.02 Å². The number of carbonyl (C=O) groups excluding carboxylic acids is 1. The van der Waals surface area contributed by atoms with Crippen LogP contribution in [0.4, 0.5) is 19.4 Å². The van der Waals surface area contributed by atoms with Gasteiger partial charge in [-0.15, -0.1) is 8.78 Å². The number of nitrogens with one attached hydrogen (secondary N) is 1. The number of aromatic nitrogens is 1. The number of fused-ring (bicyclic) bond motifs is 1. The number of hydrogen-bond acceptors (Lipinski definition) is 4. The van der Waals surface area contributed by atoms with Crippen molar-refractivity contribution in [1.82, 2.24) is 9.88 Å². The van der Waals surface area contributed by atoms with E-state index in [0.29, 0.717) is 16.9 Å². The highest BCUT2D eigenvalue weighted by Crippen LogP contribution is 2.46. The molecule has 1 N–H and O–H groups in total. The van der Waals surface area contributed by atoms with Crippen LogP contribution >= 0.6 is 11.6 Å². The normalized spacial score (nSPS) is 20.1. The molecule has 1 aromatic carbocycles. The molecule has 148 valence electrons. The molecule has 1 atom stereocenters. The average molecular weight is 410 g/mol. The number of nitrogens with zero attached hydrogens (tertiary/aromatic N) is 2. The summed E-state index contributed by atoms with van der Waals surface area (Å²) in [4.78, 5) is 18.5. The summed E-state index contributed by atoms with van der Waals surface area (Å²) in [6, 6.07) is 6.00. The second kappa shape index (κ2) is 7.09. The molecule has 0 radical (unpaired) electrons. The molecular weight excluding hydrogens is 392 g/mol. The van der Waals surface area contributed by atoms with Crippen LogP contribution in [0.1, 0.15) is 26.2 Å². The van der Waals surface area contributed by atoms with Crippen LogP contribution in [0.5, 0.6) is 11.5 Å². The topological polar surface area (TPSA) is 63.7 Å². The zero-order chi connectivity index (χ0) is 19.9. The summed E-state index contributed by atoms with van der Waals surface area (Å²) in [5, 5.41) is 3.01. The van der Waals surface area contributed by atoms with Crippen LogP contribution in [-0.4, -0.2) is 34.8 Å². The van der Waals surface area contributed by atoms with Crippen LogP contribution in [0, 0.1) is 0 Å². The van der Waals surface area contributed by atoms with Gasteiger partial charge in [0.2, 0.25) is 0 Å². The first kappa shape index (κ1) is 18.7. The fourth-order valence-corrected chi connectivity index (χ4v) is 3.66. The molecule has 0 aliphatic carbocycles. The number of urea groups is 1. The molecule has 4 rings (SSSR count). The largest absolute Gasteiger partial charge is 0.586 e. The van der Waals surface area contributed by atoms with Gasteiger partial charge in [0.15, 0.2) is 11.5 Å². The number of alkyl halides is 2. The smallest absolute Gasteiger partial charge is 0.395 e. The molecule has 2 amide bonds. The third-order valence-electron chi connectivity index (χ3n) is 4.86. The molecule has 28 heavy (non-hydrogen) atoms. The lowest BCUT2D eigenvalue weighted by atomic mass is 10.0. The second-order valence-electron chi connectivity index (χ2n) is 6.85. The highest BCUT2D eigenvalue weighted by atomic mass is 35.5. The Hall–Kier alpha value is -2.61. The molecule has 2 aliphatic heterocycles. The van der Waals surface area contributed by atoms with Gasteiger partial charge in [-0.2, -0.15) is 0 Å². The molecule has 1 fully saturated rings. The first-order valence-electron chi connectivity index (χ1n) is 8.96. The van der Waals surface area contributed by atoms with Crippen molar-refractivity contribution < 1.29 is 23.0 Å². The summed E-state index contributed by atoms with van der Waals surface area (Å²) >= 11 is 6.19. The minimum absolute atomic E-state index is 0.0964. The predicted molar refractivity (Wildman–Crippen MR) is 99.9 cm³/mol. The van der Waals surface area contributed by atoms with E-state index in [-0.39, 0.29) is 28.6 Å². The van der Waals surface area contributed by atoms with Crippen molar-refractivity contribution in [2.45, 2.75) is 38.5 Å². The van der Waals surface area contributed by atoms with Gasteiger partial charge in [0.05, 0.1) is 5.02 Å². The second-order valence-corrected chi connectivity index (χ2v) is 7.25. The number of carbonyl (C=O) groups is 1. The summed E-state index contributed by atoms with van der Waals surface area (Å²) < 4.78 is 35.3. The van der Waals surface area contributed by atoms with Crippen LogP contribution in [0.25, 0.3) is 11.1 Å². The van der Waals surface area contributed by atoms with Crippen molar-refractivity contribution in [3.05, 3.63) is 35.5 Å². The Morgan fingerprint density at radius 1 is 1.29 bits per heavy atom. The van der Waals surface area contributed by atoms with E-state index in [1.54, 1.807) is 17.0 Å². The number of rotatable bonds is 2. The SMILES string of the molecule is CC1CCCCN1C(=O)Nc1ccc(-c2cc3c(cc2Cl)OC(F)(F)O3)cn1. The van der Waals surface area contributed by atoms with Crippen LogP contribution in [-0.2, 0) is 0 Å². The quantitative estimate of drug-likeness (QED) is 0.746. The summed E-state index contributed by atoms with van der Waals surface area (Å²) in [5.41, 5.74) is 1.06. The van der Waals surface area contributed by atoms with Gasteiger partial charge in [0.25, 0.3) is 0 Å². The molecule has 1 unspecified atom stereocenters. The van der Waals surface area contributed by atoms with Gasteiger partial charge in [0, 0.05) is 36.0 Å². The molecule has 2 aliphatic rings. The highest BCUT2D eigenvalue weighted by Gasteiger charge is 2.43. The van der Waals surface area contributed by atoms with Crippen molar-refractivity contribution in [2.75, 3.05) is 11.9 Å². The zero-order valence-corrected chi connectivity index (χ0v) is 15.8. The maximum atomic E-state index is 13.2. The van der Waals surface area contributed by atoms with E-state index in [4.69, 9.17) is 11.6 Å².